The van der Waals surface area contributed by atoms with Crippen LogP contribution in [0.5, 0.6) is 0 Å². The smallest absolute Gasteiger partial charge is 0.220 e. The third kappa shape index (κ3) is 7.49. The van der Waals surface area contributed by atoms with Gasteiger partial charge >= 0.3 is 0 Å². The number of halogens is 1. The van der Waals surface area contributed by atoms with Crippen LogP contribution in [0.15, 0.2) is 12.1 Å². The number of rotatable bonds is 8. The summed E-state index contributed by atoms with van der Waals surface area (Å²) in [4.78, 5) is 11.8. The molecule has 0 saturated carbocycles. The van der Waals surface area contributed by atoms with Crippen molar-refractivity contribution in [2.75, 3.05) is 6.54 Å². The Morgan fingerprint density at radius 3 is 2.19 bits per heavy atom. The topological polar surface area (TPSA) is 55.1 Å². The molecule has 0 atom stereocenters. The van der Waals surface area contributed by atoms with Crippen molar-refractivity contribution in [3.05, 3.63) is 34.4 Å². The van der Waals surface area contributed by atoms with E-state index in [1.54, 1.807) is 0 Å². The molecule has 0 spiro atoms. The monoisotopic (exact) mass is 312 g/mol. The summed E-state index contributed by atoms with van der Waals surface area (Å²) in [5.74, 6) is 0.150. The number of benzene rings is 1. The largest absolute Gasteiger partial charge is 0.352 e. The lowest BCUT2D eigenvalue weighted by Gasteiger charge is -2.12. The van der Waals surface area contributed by atoms with Crippen LogP contribution in [0.25, 0.3) is 0 Å². The van der Waals surface area contributed by atoms with Gasteiger partial charge in [0.05, 0.1) is 0 Å². The lowest BCUT2D eigenvalue weighted by Crippen LogP contribution is -2.23. The summed E-state index contributed by atoms with van der Waals surface area (Å²) in [7, 11) is 0. The first-order valence-corrected chi connectivity index (χ1v) is 7.58. The van der Waals surface area contributed by atoms with Crippen LogP contribution < -0.4 is 11.1 Å². The number of amides is 1. The molecule has 0 bridgehead atoms. The first-order valence-electron chi connectivity index (χ1n) is 7.58. The number of nitrogens with two attached hydrogens (primary N) is 1. The van der Waals surface area contributed by atoms with Crippen molar-refractivity contribution >= 4 is 18.3 Å². The molecule has 3 N–H and O–H groups in total. The van der Waals surface area contributed by atoms with Gasteiger partial charge < -0.3 is 11.1 Å². The third-order valence-corrected chi connectivity index (χ3v) is 3.66. The van der Waals surface area contributed by atoms with Gasteiger partial charge in [-0.05, 0) is 56.8 Å². The van der Waals surface area contributed by atoms with Crippen LogP contribution in [0.3, 0.4) is 0 Å². The lowest BCUT2D eigenvalue weighted by atomic mass is 10.00. The van der Waals surface area contributed by atoms with Crippen molar-refractivity contribution in [2.45, 2.75) is 59.4 Å². The molecule has 0 fully saturated rings. The molecule has 1 rings (SSSR count). The molecule has 1 amide bonds. The maximum atomic E-state index is 11.8. The number of carbonyl (C=O) groups excluding carboxylic acids is 1. The van der Waals surface area contributed by atoms with Gasteiger partial charge in [-0.1, -0.05) is 30.5 Å². The Balaban J connectivity index is 0.00000400. The van der Waals surface area contributed by atoms with E-state index in [4.69, 9.17) is 5.73 Å². The van der Waals surface area contributed by atoms with Gasteiger partial charge in [0.25, 0.3) is 0 Å². The predicted octanol–water partition coefficient (Wildman–Crippen LogP) is 3.56. The molecule has 0 aliphatic carbocycles. The molecule has 4 heteroatoms. The molecule has 0 radical (unpaired) electrons. The molecule has 21 heavy (non-hydrogen) atoms. The quantitative estimate of drug-likeness (QED) is 0.721. The minimum atomic E-state index is 0. The summed E-state index contributed by atoms with van der Waals surface area (Å²) in [6.45, 7) is 7.70. The van der Waals surface area contributed by atoms with Crippen LogP contribution in [0.4, 0.5) is 0 Å². The SMILES string of the molecule is Cc1cc(C)c(CNC(=O)CCCCCCN)c(C)c1.Cl. The summed E-state index contributed by atoms with van der Waals surface area (Å²) < 4.78 is 0. The molecule has 0 aliphatic rings. The van der Waals surface area contributed by atoms with Crippen LogP contribution in [0, 0.1) is 20.8 Å². The molecule has 1 aromatic carbocycles. The van der Waals surface area contributed by atoms with Gasteiger partial charge in [0.2, 0.25) is 5.91 Å². The molecule has 120 valence electrons. The van der Waals surface area contributed by atoms with E-state index in [-0.39, 0.29) is 18.3 Å². The predicted molar refractivity (Wildman–Crippen MR) is 91.9 cm³/mol. The maximum Gasteiger partial charge on any atom is 0.220 e. The van der Waals surface area contributed by atoms with E-state index >= 15 is 0 Å². The molecule has 0 saturated heterocycles. The first-order chi connectivity index (χ1) is 9.54. The van der Waals surface area contributed by atoms with Gasteiger partial charge in [-0.15, -0.1) is 12.4 Å². The second kappa shape index (κ2) is 10.6. The Morgan fingerprint density at radius 2 is 1.62 bits per heavy atom. The van der Waals surface area contributed by atoms with Gasteiger partial charge in [-0.25, -0.2) is 0 Å². The highest BCUT2D eigenvalue weighted by Crippen LogP contribution is 2.16. The standard InChI is InChI=1S/C17H28N2O.ClH/c1-13-10-14(2)16(15(3)11-13)12-19-17(20)8-6-4-5-7-9-18;/h10-11H,4-9,12,18H2,1-3H3,(H,19,20);1H. The minimum Gasteiger partial charge on any atom is -0.352 e. The fraction of sp³-hybridized carbons (Fsp3) is 0.588. The van der Waals surface area contributed by atoms with Crippen molar-refractivity contribution in [2.24, 2.45) is 5.73 Å². The minimum absolute atomic E-state index is 0. The van der Waals surface area contributed by atoms with Gasteiger partial charge in [0, 0.05) is 13.0 Å². The lowest BCUT2D eigenvalue weighted by molar-refractivity contribution is -0.121. The van der Waals surface area contributed by atoms with Crippen molar-refractivity contribution in [1.29, 1.82) is 0 Å². The molecule has 0 aliphatic heterocycles. The van der Waals surface area contributed by atoms with E-state index in [0.29, 0.717) is 13.0 Å². The fourth-order valence-electron chi connectivity index (χ4n) is 2.55. The highest BCUT2D eigenvalue weighted by molar-refractivity contribution is 5.85. The van der Waals surface area contributed by atoms with E-state index in [1.807, 2.05) is 0 Å². The Bertz CT molecular complexity index is 423. The Labute approximate surface area is 135 Å². The molecular formula is C17H29ClN2O. The number of carbonyl (C=O) groups is 1. The number of unbranched alkanes of at least 4 members (excludes halogenated alkanes) is 3. The van der Waals surface area contributed by atoms with E-state index in [9.17, 15) is 4.79 Å². The molecule has 1 aromatic rings. The number of aryl methyl sites for hydroxylation is 3. The van der Waals surface area contributed by atoms with E-state index in [1.165, 1.54) is 22.3 Å². The number of hydrogen-bond acceptors (Lipinski definition) is 2. The van der Waals surface area contributed by atoms with Crippen molar-refractivity contribution in [3.63, 3.8) is 0 Å². The van der Waals surface area contributed by atoms with E-state index in [2.05, 4.69) is 38.2 Å². The Kier molecular flexibility index (Phi) is 10.1. The van der Waals surface area contributed by atoms with Gasteiger partial charge in [0.15, 0.2) is 0 Å². The Hall–Kier alpha value is -1.06. The second-order valence-corrected chi connectivity index (χ2v) is 5.61. The molecule has 0 heterocycles. The fourth-order valence-corrected chi connectivity index (χ4v) is 2.55. The zero-order valence-corrected chi connectivity index (χ0v) is 14.3. The average Bonchev–Trinajstić information content (AvgIpc) is 2.37. The second-order valence-electron chi connectivity index (χ2n) is 5.61. The van der Waals surface area contributed by atoms with Crippen LogP contribution in [-0.2, 0) is 11.3 Å². The van der Waals surface area contributed by atoms with E-state index in [0.717, 1.165) is 32.2 Å². The van der Waals surface area contributed by atoms with Gasteiger partial charge in [-0.2, -0.15) is 0 Å². The molecule has 3 nitrogen and oxygen atoms in total. The van der Waals surface area contributed by atoms with Gasteiger partial charge in [0.1, 0.15) is 0 Å². The molecule has 0 aromatic heterocycles. The van der Waals surface area contributed by atoms with Gasteiger partial charge in [-0.3, -0.25) is 4.79 Å². The van der Waals surface area contributed by atoms with Crippen LogP contribution in [0.1, 0.15) is 54.4 Å². The zero-order chi connectivity index (χ0) is 15.0. The summed E-state index contributed by atoms with van der Waals surface area (Å²) >= 11 is 0. The average molecular weight is 313 g/mol. The van der Waals surface area contributed by atoms with Crippen LogP contribution in [-0.4, -0.2) is 12.5 Å². The zero-order valence-electron chi connectivity index (χ0n) is 13.5. The highest BCUT2D eigenvalue weighted by Gasteiger charge is 2.06. The summed E-state index contributed by atoms with van der Waals surface area (Å²) in [6, 6.07) is 4.34. The van der Waals surface area contributed by atoms with Crippen LogP contribution >= 0.6 is 12.4 Å². The first kappa shape index (κ1) is 19.9. The Morgan fingerprint density at radius 1 is 1.05 bits per heavy atom. The maximum absolute atomic E-state index is 11.8. The third-order valence-electron chi connectivity index (χ3n) is 3.66. The van der Waals surface area contributed by atoms with Crippen molar-refractivity contribution in [1.82, 2.24) is 5.32 Å². The number of hydrogen-bond donors (Lipinski definition) is 2. The number of nitrogens with one attached hydrogen (secondary N) is 1. The summed E-state index contributed by atoms with van der Waals surface area (Å²) in [5.41, 5.74) is 10.5. The summed E-state index contributed by atoms with van der Waals surface area (Å²) in [5, 5.41) is 3.03. The highest BCUT2D eigenvalue weighted by atomic mass is 35.5. The molecule has 0 unspecified atom stereocenters. The van der Waals surface area contributed by atoms with Crippen LogP contribution in [0.2, 0.25) is 0 Å². The van der Waals surface area contributed by atoms with Crippen molar-refractivity contribution in [3.8, 4) is 0 Å². The van der Waals surface area contributed by atoms with Crippen molar-refractivity contribution < 1.29 is 4.79 Å². The normalized spacial score (nSPS) is 10.1. The summed E-state index contributed by atoms with van der Waals surface area (Å²) in [6.07, 6.45) is 4.85. The molecular weight excluding hydrogens is 284 g/mol. The van der Waals surface area contributed by atoms with E-state index < -0.39 is 0 Å².